The average Bonchev–Trinajstić information content (AvgIpc) is 2.66. The van der Waals surface area contributed by atoms with E-state index in [-0.39, 0.29) is 11.7 Å². The first kappa shape index (κ1) is 17.0. The van der Waals surface area contributed by atoms with E-state index < -0.39 is 5.91 Å². The van der Waals surface area contributed by atoms with E-state index in [1.807, 2.05) is 42.5 Å². The van der Waals surface area contributed by atoms with Crippen LogP contribution >= 0.6 is 11.8 Å². The first-order chi connectivity index (χ1) is 12.2. The van der Waals surface area contributed by atoms with Gasteiger partial charge in [-0.25, -0.2) is 0 Å². The fourth-order valence-corrected chi connectivity index (χ4v) is 3.13. The number of thioether (sulfide) groups is 1. The van der Waals surface area contributed by atoms with Crippen molar-refractivity contribution in [2.45, 2.75) is 4.90 Å². The Morgan fingerprint density at radius 3 is 2.40 bits per heavy atom. The van der Waals surface area contributed by atoms with Crippen LogP contribution in [0.5, 0.6) is 5.75 Å². The minimum atomic E-state index is -0.410. The molecule has 0 spiro atoms. The molecule has 25 heavy (non-hydrogen) atoms. The second-order valence-corrected chi connectivity index (χ2v) is 6.45. The molecular formula is C20H17NO3S. The molecule has 3 aromatic carbocycles. The molecule has 5 heteroatoms. The number of imide groups is 1. The van der Waals surface area contributed by atoms with E-state index in [0.717, 1.165) is 15.7 Å². The lowest BCUT2D eigenvalue weighted by Gasteiger charge is -2.06. The smallest absolute Gasteiger partial charge is 0.257 e. The van der Waals surface area contributed by atoms with Crippen molar-refractivity contribution in [3.8, 4) is 5.75 Å². The maximum Gasteiger partial charge on any atom is 0.257 e. The molecule has 3 aromatic rings. The molecule has 0 saturated heterocycles. The first-order valence-corrected chi connectivity index (χ1v) is 8.74. The largest absolute Gasteiger partial charge is 0.497 e. The third-order valence-corrected chi connectivity index (χ3v) is 4.69. The fraction of sp³-hybridized carbons (Fsp3) is 0.100. The summed E-state index contributed by atoms with van der Waals surface area (Å²) in [6.07, 6.45) is 0. The molecule has 3 rings (SSSR count). The Kier molecular flexibility index (Phi) is 5.36. The van der Waals surface area contributed by atoms with Gasteiger partial charge in [0.1, 0.15) is 5.75 Å². The van der Waals surface area contributed by atoms with Gasteiger partial charge in [0.2, 0.25) is 5.91 Å². The van der Waals surface area contributed by atoms with Crippen molar-refractivity contribution >= 4 is 34.3 Å². The standard InChI is InChI=1S/C20H17NO3S/c1-24-17-9-6-15(7-10-17)20(23)21-19(22)13-25-18-11-8-14-4-2-3-5-16(14)12-18/h2-12H,13H2,1H3,(H,21,22,23). The summed E-state index contributed by atoms with van der Waals surface area (Å²) in [5, 5.41) is 4.69. The van der Waals surface area contributed by atoms with Crippen LogP contribution in [0.3, 0.4) is 0 Å². The van der Waals surface area contributed by atoms with E-state index in [1.54, 1.807) is 31.4 Å². The molecule has 0 atom stereocenters. The lowest BCUT2D eigenvalue weighted by molar-refractivity contribution is -0.117. The molecule has 126 valence electrons. The zero-order valence-electron chi connectivity index (χ0n) is 13.7. The molecule has 0 bridgehead atoms. The van der Waals surface area contributed by atoms with Gasteiger partial charge < -0.3 is 4.74 Å². The molecule has 0 aliphatic rings. The minimum Gasteiger partial charge on any atom is -0.497 e. The van der Waals surface area contributed by atoms with Crippen LogP contribution in [0.4, 0.5) is 0 Å². The number of benzene rings is 3. The minimum absolute atomic E-state index is 0.181. The highest BCUT2D eigenvalue weighted by molar-refractivity contribution is 8.00. The topological polar surface area (TPSA) is 55.4 Å². The van der Waals surface area contributed by atoms with Gasteiger partial charge in [-0.2, -0.15) is 0 Å². The van der Waals surface area contributed by atoms with Gasteiger partial charge in [0.05, 0.1) is 12.9 Å². The molecule has 0 aliphatic heterocycles. The molecule has 0 aromatic heterocycles. The summed E-state index contributed by atoms with van der Waals surface area (Å²) in [7, 11) is 1.56. The number of carbonyl (C=O) groups excluding carboxylic acids is 2. The first-order valence-electron chi connectivity index (χ1n) is 7.75. The monoisotopic (exact) mass is 351 g/mol. The van der Waals surface area contributed by atoms with Gasteiger partial charge in [0, 0.05) is 10.5 Å². The van der Waals surface area contributed by atoms with Crippen molar-refractivity contribution < 1.29 is 14.3 Å². The van der Waals surface area contributed by atoms with E-state index in [0.29, 0.717) is 11.3 Å². The zero-order valence-corrected chi connectivity index (χ0v) is 14.5. The third-order valence-electron chi connectivity index (χ3n) is 3.70. The molecule has 0 aliphatic carbocycles. The van der Waals surface area contributed by atoms with Gasteiger partial charge in [-0.1, -0.05) is 30.3 Å². The highest BCUT2D eigenvalue weighted by atomic mass is 32.2. The molecule has 2 amide bonds. The molecular weight excluding hydrogens is 334 g/mol. The number of ether oxygens (including phenoxy) is 1. The summed E-state index contributed by atoms with van der Waals surface area (Å²) in [6.45, 7) is 0. The Bertz CT molecular complexity index is 906. The predicted molar refractivity (Wildman–Crippen MR) is 100 cm³/mol. The van der Waals surface area contributed by atoms with Crippen LogP contribution in [0.25, 0.3) is 10.8 Å². The van der Waals surface area contributed by atoms with E-state index in [9.17, 15) is 9.59 Å². The van der Waals surface area contributed by atoms with Gasteiger partial charge >= 0.3 is 0 Å². The number of rotatable bonds is 5. The number of amides is 2. The molecule has 0 saturated carbocycles. The number of hydrogen-bond donors (Lipinski definition) is 1. The van der Waals surface area contributed by atoms with E-state index >= 15 is 0 Å². The predicted octanol–water partition coefficient (Wildman–Crippen LogP) is 3.90. The maximum atomic E-state index is 12.1. The van der Waals surface area contributed by atoms with Crippen LogP contribution in [-0.4, -0.2) is 24.7 Å². The second-order valence-electron chi connectivity index (χ2n) is 5.40. The van der Waals surface area contributed by atoms with Crippen molar-refractivity contribution in [3.63, 3.8) is 0 Å². The summed E-state index contributed by atoms with van der Waals surface area (Å²) in [5.74, 6) is 0.112. The molecule has 0 fully saturated rings. The van der Waals surface area contributed by atoms with Gasteiger partial charge in [0.25, 0.3) is 5.91 Å². The summed E-state index contributed by atoms with van der Waals surface area (Å²) in [5.41, 5.74) is 0.421. The summed E-state index contributed by atoms with van der Waals surface area (Å²) >= 11 is 1.40. The van der Waals surface area contributed by atoms with Crippen molar-refractivity contribution in [2.75, 3.05) is 12.9 Å². The van der Waals surface area contributed by atoms with Crippen LogP contribution in [0.1, 0.15) is 10.4 Å². The molecule has 0 radical (unpaired) electrons. The number of methoxy groups -OCH3 is 1. The van der Waals surface area contributed by atoms with Crippen molar-refractivity contribution in [2.24, 2.45) is 0 Å². The third kappa shape index (κ3) is 4.39. The lowest BCUT2D eigenvalue weighted by atomic mass is 10.1. The Morgan fingerprint density at radius 1 is 0.960 bits per heavy atom. The highest BCUT2D eigenvalue weighted by Gasteiger charge is 2.11. The SMILES string of the molecule is COc1ccc(C(=O)NC(=O)CSc2ccc3ccccc3c2)cc1. The molecule has 1 N–H and O–H groups in total. The Morgan fingerprint density at radius 2 is 1.68 bits per heavy atom. The van der Waals surface area contributed by atoms with E-state index in [1.165, 1.54) is 11.8 Å². The molecule has 0 unspecified atom stereocenters. The van der Waals surface area contributed by atoms with Crippen LogP contribution in [-0.2, 0) is 4.79 Å². The van der Waals surface area contributed by atoms with Crippen molar-refractivity contribution in [1.82, 2.24) is 5.32 Å². The Hall–Kier alpha value is -2.79. The lowest BCUT2D eigenvalue weighted by Crippen LogP contribution is -2.31. The van der Waals surface area contributed by atoms with Gasteiger partial charge in [-0.15, -0.1) is 11.8 Å². The highest BCUT2D eigenvalue weighted by Crippen LogP contribution is 2.23. The quantitative estimate of drug-likeness (QED) is 0.709. The summed E-state index contributed by atoms with van der Waals surface area (Å²) in [4.78, 5) is 25.1. The molecule has 4 nitrogen and oxygen atoms in total. The number of fused-ring (bicyclic) bond motifs is 1. The number of nitrogens with one attached hydrogen (secondary N) is 1. The normalized spacial score (nSPS) is 10.4. The van der Waals surface area contributed by atoms with Crippen molar-refractivity contribution in [3.05, 3.63) is 72.3 Å². The van der Waals surface area contributed by atoms with Gasteiger partial charge in [0.15, 0.2) is 0 Å². The maximum absolute atomic E-state index is 12.1. The number of carbonyl (C=O) groups is 2. The summed E-state index contributed by atoms with van der Waals surface area (Å²) in [6, 6.07) is 20.7. The van der Waals surface area contributed by atoms with Gasteiger partial charge in [-0.3, -0.25) is 14.9 Å². The average molecular weight is 351 g/mol. The van der Waals surface area contributed by atoms with E-state index in [4.69, 9.17) is 4.74 Å². The van der Waals surface area contributed by atoms with Crippen LogP contribution in [0.15, 0.2) is 71.6 Å². The van der Waals surface area contributed by atoms with Crippen LogP contribution in [0, 0.1) is 0 Å². The second kappa shape index (κ2) is 7.85. The summed E-state index contributed by atoms with van der Waals surface area (Å²) < 4.78 is 5.05. The van der Waals surface area contributed by atoms with Gasteiger partial charge in [-0.05, 0) is 47.2 Å². The van der Waals surface area contributed by atoms with E-state index in [2.05, 4.69) is 5.32 Å². The van der Waals surface area contributed by atoms with Crippen molar-refractivity contribution in [1.29, 1.82) is 0 Å². The Labute approximate surface area is 150 Å². The molecule has 0 heterocycles. The number of hydrogen-bond acceptors (Lipinski definition) is 4. The zero-order chi connectivity index (χ0) is 17.6. The fourth-order valence-electron chi connectivity index (χ4n) is 2.38. The van der Waals surface area contributed by atoms with Crippen LogP contribution in [0.2, 0.25) is 0 Å². The van der Waals surface area contributed by atoms with Crippen LogP contribution < -0.4 is 10.1 Å². The Balaban J connectivity index is 1.56.